The molecule has 0 spiro atoms. The summed E-state index contributed by atoms with van der Waals surface area (Å²) >= 11 is 11.2. The van der Waals surface area contributed by atoms with E-state index in [1.54, 1.807) is 20.8 Å². The van der Waals surface area contributed by atoms with Crippen LogP contribution in [-0.4, -0.2) is 41.9 Å². The molecule has 0 aliphatic carbocycles. The lowest BCUT2D eigenvalue weighted by Gasteiger charge is -2.12. The van der Waals surface area contributed by atoms with Crippen LogP contribution in [-0.2, 0) is 20.0 Å². The van der Waals surface area contributed by atoms with Crippen LogP contribution in [0.3, 0.4) is 0 Å². The van der Waals surface area contributed by atoms with E-state index in [9.17, 15) is 14.4 Å². The Labute approximate surface area is 214 Å². The Morgan fingerprint density at radius 1 is 1.09 bits per heavy atom. The van der Waals surface area contributed by atoms with Crippen molar-refractivity contribution in [3.63, 3.8) is 0 Å². The molecule has 3 N–H and O–H groups in total. The molecule has 8 nitrogen and oxygen atoms in total. The molecule has 0 saturated heterocycles. The van der Waals surface area contributed by atoms with Crippen LogP contribution in [0.2, 0.25) is 0 Å². The number of hydrazine groups is 1. The van der Waals surface area contributed by atoms with E-state index >= 15 is 0 Å². The summed E-state index contributed by atoms with van der Waals surface area (Å²) in [6.07, 6.45) is 0. The third-order valence-corrected chi connectivity index (χ3v) is 7.22. The third-order valence-electron chi connectivity index (χ3n) is 4.08. The summed E-state index contributed by atoms with van der Waals surface area (Å²) in [5, 5.41) is 3.24. The molecule has 1 amide bonds. The van der Waals surface area contributed by atoms with Crippen LogP contribution in [0.25, 0.3) is 0 Å². The van der Waals surface area contributed by atoms with Gasteiger partial charge in [0, 0.05) is 10.2 Å². The van der Waals surface area contributed by atoms with Crippen molar-refractivity contribution in [3.05, 3.63) is 50.3 Å². The Balaban J connectivity index is 1.95. The molecule has 0 radical (unpaired) electrons. The van der Waals surface area contributed by atoms with Crippen LogP contribution in [0.1, 0.15) is 45.0 Å². The van der Waals surface area contributed by atoms with E-state index in [0.29, 0.717) is 16.3 Å². The van der Waals surface area contributed by atoms with Crippen LogP contribution < -0.4 is 16.2 Å². The van der Waals surface area contributed by atoms with E-state index in [4.69, 9.17) is 21.7 Å². The highest BCUT2D eigenvalue weighted by Gasteiger charge is 2.26. The SMILES string of the molecule is CCOC(=O)c1sc(NC(=S)NNC(=O)CSCc2ccccc2Br)c(C(=O)OCC)c1C. The maximum absolute atomic E-state index is 12.4. The summed E-state index contributed by atoms with van der Waals surface area (Å²) in [5.41, 5.74) is 6.86. The van der Waals surface area contributed by atoms with Crippen molar-refractivity contribution in [1.82, 2.24) is 10.9 Å². The van der Waals surface area contributed by atoms with E-state index in [1.807, 2.05) is 24.3 Å². The molecule has 0 bridgehead atoms. The molecule has 2 rings (SSSR count). The molecule has 2 aromatic rings. The van der Waals surface area contributed by atoms with E-state index < -0.39 is 11.9 Å². The fourth-order valence-electron chi connectivity index (χ4n) is 2.61. The van der Waals surface area contributed by atoms with Crippen molar-refractivity contribution in [3.8, 4) is 0 Å². The van der Waals surface area contributed by atoms with Crippen molar-refractivity contribution < 1.29 is 23.9 Å². The highest BCUT2D eigenvalue weighted by Crippen LogP contribution is 2.34. The van der Waals surface area contributed by atoms with Crippen LogP contribution >= 0.6 is 51.2 Å². The van der Waals surface area contributed by atoms with Gasteiger partial charge in [0.2, 0.25) is 5.91 Å². The Morgan fingerprint density at radius 3 is 2.42 bits per heavy atom. The molecule has 1 heterocycles. The zero-order valence-corrected chi connectivity index (χ0v) is 22.3. The number of thiocarbonyl (C=S) groups is 1. The molecule has 0 fully saturated rings. The Bertz CT molecular complexity index is 1030. The number of hydrogen-bond donors (Lipinski definition) is 3. The predicted octanol–water partition coefficient (Wildman–Crippen LogP) is 4.42. The highest BCUT2D eigenvalue weighted by molar-refractivity contribution is 9.10. The average molecular weight is 575 g/mol. The van der Waals surface area contributed by atoms with E-state index in [2.05, 4.69) is 32.1 Å². The molecule has 178 valence electrons. The van der Waals surface area contributed by atoms with Crippen LogP contribution in [0.5, 0.6) is 0 Å². The second kappa shape index (κ2) is 13.5. The number of nitrogens with one attached hydrogen (secondary N) is 3. The Morgan fingerprint density at radius 2 is 1.76 bits per heavy atom. The molecule has 1 aromatic heterocycles. The van der Waals surface area contributed by atoms with Gasteiger partial charge in [0.25, 0.3) is 0 Å². The first-order chi connectivity index (χ1) is 15.8. The maximum atomic E-state index is 12.4. The second-order valence-corrected chi connectivity index (χ2v) is 9.68. The molecular weight excluding hydrogens is 550 g/mol. The van der Waals surface area contributed by atoms with E-state index in [-0.39, 0.29) is 40.4 Å². The van der Waals surface area contributed by atoms with E-state index in [1.165, 1.54) is 11.8 Å². The fourth-order valence-corrected chi connectivity index (χ4v) is 5.36. The topological polar surface area (TPSA) is 106 Å². The monoisotopic (exact) mass is 573 g/mol. The van der Waals surface area contributed by atoms with Crippen molar-refractivity contribution in [2.24, 2.45) is 0 Å². The van der Waals surface area contributed by atoms with Crippen molar-refractivity contribution in [2.75, 3.05) is 24.3 Å². The minimum Gasteiger partial charge on any atom is -0.462 e. The third kappa shape index (κ3) is 7.98. The zero-order chi connectivity index (χ0) is 24.4. The minimum atomic E-state index is -0.584. The van der Waals surface area contributed by atoms with Gasteiger partial charge in [-0.2, -0.15) is 0 Å². The van der Waals surface area contributed by atoms with Crippen molar-refractivity contribution in [2.45, 2.75) is 26.5 Å². The van der Waals surface area contributed by atoms with Gasteiger partial charge in [-0.05, 0) is 50.2 Å². The first-order valence-electron chi connectivity index (χ1n) is 9.93. The second-order valence-electron chi connectivity index (χ2n) is 6.41. The Kier molecular flexibility index (Phi) is 11.1. The maximum Gasteiger partial charge on any atom is 0.348 e. The molecule has 12 heteroatoms. The lowest BCUT2D eigenvalue weighted by atomic mass is 10.1. The summed E-state index contributed by atoms with van der Waals surface area (Å²) in [5.74, 6) is -0.495. The summed E-state index contributed by atoms with van der Waals surface area (Å²) in [4.78, 5) is 37.1. The number of amides is 1. The number of halogens is 1. The number of ether oxygens (including phenoxy) is 2. The predicted molar refractivity (Wildman–Crippen MR) is 139 cm³/mol. The number of esters is 2. The number of thioether (sulfide) groups is 1. The number of anilines is 1. The van der Waals surface area contributed by atoms with E-state index in [0.717, 1.165) is 21.4 Å². The quantitative estimate of drug-likeness (QED) is 0.228. The van der Waals surface area contributed by atoms with Gasteiger partial charge >= 0.3 is 11.9 Å². The normalized spacial score (nSPS) is 10.3. The number of rotatable bonds is 9. The van der Waals surface area contributed by atoms with Gasteiger partial charge in [-0.1, -0.05) is 34.1 Å². The van der Waals surface area contributed by atoms with Gasteiger partial charge in [-0.25, -0.2) is 9.59 Å². The molecule has 0 unspecified atom stereocenters. The number of carbonyl (C=O) groups excluding carboxylic acids is 3. The van der Waals surface area contributed by atoms with Crippen LogP contribution in [0.15, 0.2) is 28.7 Å². The summed E-state index contributed by atoms with van der Waals surface area (Å²) < 4.78 is 11.2. The number of carbonyl (C=O) groups is 3. The summed E-state index contributed by atoms with van der Waals surface area (Å²) in [7, 11) is 0. The smallest absolute Gasteiger partial charge is 0.348 e. The lowest BCUT2D eigenvalue weighted by molar-refractivity contribution is -0.119. The number of thiophene rings is 1. The Hall–Kier alpha value is -2.15. The van der Waals surface area contributed by atoms with Gasteiger partial charge < -0.3 is 14.8 Å². The minimum absolute atomic E-state index is 0.0568. The largest absolute Gasteiger partial charge is 0.462 e. The van der Waals surface area contributed by atoms with Gasteiger partial charge in [0.05, 0.1) is 24.5 Å². The van der Waals surface area contributed by atoms with Crippen molar-refractivity contribution >= 4 is 79.2 Å². The highest BCUT2D eigenvalue weighted by atomic mass is 79.9. The molecule has 1 aromatic carbocycles. The summed E-state index contributed by atoms with van der Waals surface area (Å²) in [6.45, 7) is 5.41. The molecule has 33 heavy (non-hydrogen) atoms. The van der Waals surface area contributed by atoms with Crippen molar-refractivity contribution in [1.29, 1.82) is 0 Å². The van der Waals surface area contributed by atoms with Gasteiger partial charge in [0.15, 0.2) is 5.11 Å². The standard InChI is InChI=1S/C21H24BrN3O5S3/c1-4-29-19(27)16-12(3)17(20(28)30-5-2)33-18(16)23-21(31)25-24-15(26)11-32-10-13-8-6-7-9-14(13)22/h6-9H,4-5,10-11H2,1-3H3,(H,24,26)(H2,23,25,31). The average Bonchev–Trinajstić information content (AvgIpc) is 3.09. The first kappa shape index (κ1) is 27.1. The molecular formula is C21H24BrN3O5S3. The molecule has 0 aliphatic rings. The summed E-state index contributed by atoms with van der Waals surface area (Å²) in [6, 6.07) is 7.81. The van der Waals surface area contributed by atoms with Gasteiger partial charge in [-0.3, -0.25) is 15.6 Å². The van der Waals surface area contributed by atoms with Gasteiger partial charge in [0.1, 0.15) is 9.88 Å². The zero-order valence-electron chi connectivity index (χ0n) is 18.3. The molecule has 0 saturated carbocycles. The molecule has 0 atom stereocenters. The lowest BCUT2D eigenvalue weighted by Crippen LogP contribution is -2.44. The van der Waals surface area contributed by atoms with Gasteiger partial charge in [-0.15, -0.1) is 23.1 Å². The molecule has 0 aliphatic heterocycles. The van der Waals surface area contributed by atoms with Crippen LogP contribution in [0.4, 0.5) is 5.00 Å². The fraction of sp³-hybridized carbons (Fsp3) is 0.333. The number of benzene rings is 1. The first-order valence-corrected chi connectivity index (χ1v) is 13.1. The van der Waals surface area contributed by atoms with Crippen LogP contribution in [0, 0.1) is 6.92 Å². The number of hydrogen-bond acceptors (Lipinski definition) is 8.